The van der Waals surface area contributed by atoms with Gasteiger partial charge in [-0.1, -0.05) is 0 Å². The van der Waals surface area contributed by atoms with E-state index in [2.05, 4.69) is 42.6 Å². The van der Waals surface area contributed by atoms with Crippen molar-refractivity contribution in [3.63, 3.8) is 0 Å². The SMILES string of the molecule is C=NNc1nc(=S)[nH]c2n[nH]nc12. The first-order valence-corrected chi connectivity index (χ1v) is 3.74. The molecule has 0 unspecified atom stereocenters. The molecule has 8 heteroatoms. The van der Waals surface area contributed by atoms with Gasteiger partial charge in [-0.05, 0) is 12.2 Å². The van der Waals surface area contributed by atoms with Gasteiger partial charge in [0, 0.05) is 6.72 Å². The van der Waals surface area contributed by atoms with E-state index in [0.717, 1.165) is 0 Å². The highest BCUT2D eigenvalue weighted by molar-refractivity contribution is 7.71. The summed E-state index contributed by atoms with van der Waals surface area (Å²) in [6, 6.07) is 0. The first kappa shape index (κ1) is 7.80. The molecule has 0 aliphatic carbocycles. The average molecular weight is 195 g/mol. The largest absolute Gasteiger partial charge is 0.312 e. The van der Waals surface area contributed by atoms with E-state index in [1.54, 1.807) is 0 Å². The number of H-pyrrole nitrogens is 2. The maximum atomic E-state index is 4.86. The molecule has 7 nitrogen and oxygen atoms in total. The summed E-state index contributed by atoms with van der Waals surface area (Å²) in [5.74, 6) is 0.433. The van der Waals surface area contributed by atoms with E-state index in [4.69, 9.17) is 12.2 Å². The van der Waals surface area contributed by atoms with Crippen LogP contribution in [-0.4, -0.2) is 32.1 Å². The topological polar surface area (TPSA) is 94.6 Å². The summed E-state index contributed by atoms with van der Waals surface area (Å²) in [6.07, 6.45) is 0. The fourth-order valence-electron chi connectivity index (χ4n) is 0.920. The second-order valence-electron chi connectivity index (χ2n) is 2.18. The molecule has 0 aliphatic heterocycles. The van der Waals surface area contributed by atoms with E-state index >= 15 is 0 Å². The zero-order chi connectivity index (χ0) is 9.26. The van der Waals surface area contributed by atoms with Crippen molar-refractivity contribution < 1.29 is 0 Å². The van der Waals surface area contributed by atoms with Crippen LogP contribution in [0.2, 0.25) is 0 Å². The van der Waals surface area contributed by atoms with Crippen LogP contribution in [0.15, 0.2) is 5.10 Å². The third-order valence-electron chi connectivity index (χ3n) is 1.40. The van der Waals surface area contributed by atoms with Crippen LogP contribution >= 0.6 is 12.2 Å². The van der Waals surface area contributed by atoms with Crippen molar-refractivity contribution in [3.8, 4) is 0 Å². The Morgan fingerprint density at radius 1 is 1.46 bits per heavy atom. The second kappa shape index (κ2) is 2.90. The minimum Gasteiger partial charge on any atom is -0.312 e. The molecule has 0 saturated carbocycles. The lowest BCUT2D eigenvalue weighted by Gasteiger charge is -1.96. The van der Waals surface area contributed by atoms with Crippen molar-refractivity contribution in [2.45, 2.75) is 0 Å². The standard InChI is InChI=1S/C5H5N7S/c1-6-10-3-2-4(11-12-9-2)8-5(13)7-3/h1H2,(H3,7,8,9,10,11,12,13). The molecule has 0 aliphatic rings. The van der Waals surface area contributed by atoms with Gasteiger partial charge in [0.2, 0.25) is 4.77 Å². The lowest BCUT2D eigenvalue weighted by Crippen LogP contribution is -1.94. The molecule has 0 spiro atoms. The number of rotatable bonds is 2. The van der Waals surface area contributed by atoms with Gasteiger partial charge in [-0.2, -0.15) is 20.4 Å². The van der Waals surface area contributed by atoms with Gasteiger partial charge in [-0.3, -0.25) is 5.43 Å². The van der Waals surface area contributed by atoms with Crippen LogP contribution in [0.4, 0.5) is 5.82 Å². The Labute approximate surface area is 77.3 Å². The highest BCUT2D eigenvalue weighted by Gasteiger charge is 2.05. The van der Waals surface area contributed by atoms with E-state index in [1.165, 1.54) is 0 Å². The van der Waals surface area contributed by atoms with Gasteiger partial charge in [0.05, 0.1) is 0 Å². The number of nitrogens with one attached hydrogen (secondary N) is 3. The molecule has 2 aromatic rings. The average Bonchev–Trinajstić information content (AvgIpc) is 2.52. The molecule has 13 heavy (non-hydrogen) atoms. The van der Waals surface area contributed by atoms with Crippen molar-refractivity contribution in [1.29, 1.82) is 0 Å². The normalized spacial score (nSPS) is 10.2. The quantitative estimate of drug-likeness (QED) is 0.367. The van der Waals surface area contributed by atoms with E-state index in [-0.39, 0.29) is 0 Å². The molecule has 0 atom stereocenters. The molecule has 2 heterocycles. The van der Waals surface area contributed by atoms with Gasteiger partial charge in [-0.25, -0.2) is 0 Å². The number of aromatic nitrogens is 5. The molecule has 0 bridgehead atoms. The first-order chi connectivity index (χ1) is 6.31. The Kier molecular flexibility index (Phi) is 1.74. The Hall–Kier alpha value is -1.83. The van der Waals surface area contributed by atoms with E-state index < -0.39 is 0 Å². The highest BCUT2D eigenvalue weighted by Crippen LogP contribution is 2.13. The summed E-state index contributed by atoms with van der Waals surface area (Å²) in [5.41, 5.74) is 3.65. The molecule has 0 radical (unpaired) electrons. The lowest BCUT2D eigenvalue weighted by atomic mass is 10.5. The number of fused-ring (bicyclic) bond motifs is 1. The number of nitrogens with zero attached hydrogens (tertiary/aromatic N) is 4. The monoisotopic (exact) mass is 195 g/mol. The third-order valence-corrected chi connectivity index (χ3v) is 1.59. The van der Waals surface area contributed by atoms with Gasteiger partial charge in [-0.15, -0.1) is 5.10 Å². The second-order valence-corrected chi connectivity index (χ2v) is 2.57. The van der Waals surface area contributed by atoms with Crippen LogP contribution in [0, 0.1) is 4.77 Å². The summed E-state index contributed by atoms with van der Waals surface area (Å²) in [6.45, 7) is 3.27. The maximum absolute atomic E-state index is 4.86. The summed E-state index contributed by atoms with van der Waals surface area (Å²) in [7, 11) is 0. The van der Waals surface area contributed by atoms with Crippen LogP contribution in [0.3, 0.4) is 0 Å². The molecular weight excluding hydrogens is 190 g/mol. The predicted octanol–water partition coefficient (Wildman–Crippen LogP) is 0.438. The summed E-state index contributed by atoms with van der Waals surface area (Å²) < 4.78 is 0.313. The zero-order valence-corrected chi connectivity index (χ0v) is 7.22. The fourth-order valence-corrected chi connectivity index (χ4v) is 1.11. The highest BCUT2D eigenvalue weighted by atomic mass is 32.1. The molecule has 2 aromatic heterocycles. The van der Waals surface area contributed by atoms with Gasteiger partial charge in [0.15, 0.2) is 17.0 Å². The molecule has 0 aromatic carbocycles. The minimum absolute atomic E-state index is 0.313. The van der Waals surface area contributed by atoms with Crippen molar-refractivity contribution in [3.05, 3.63) is 4.77 Å². The fraction of sp³-hybridized carbons (Fsp3) is 0. The number of hydrogen-bond donors (Lipinski definition) is 3. The number of hydrogen-bond acceptors (Lipinski definition) is 6. The van der Waals surface area contributed by atoms with Crippen molar-refractivity contribution in [2.75, 3.05) is 5.43 Å². The third kappa shape index (κ3) is 1.26. The molecule has 0 saturated heterocycles. The number of aromatic amines is 2. The van der Waals surface area contributed by atoms with Crippen LogP contribution < -0.4 is 5.43 Å². The summed E-state index contributed by atoms with van der Waals surface area (Å²) in [4.78, 5) is 6.72. The zero-order valence-electron chi connectivity index (χ0n) is 6.40. The van der Waals surface area contributed by atoms with Crippen molar-refractivity contribution >= 4 is 35.9 Å². The molecular formula is C5H5N7S. The van der Waals surface area contributed by atoms with Crippen LogP contribution in [-0.2, 0) is 0 Å². The van der Waals surface area contributed by atoms with Gasteiger partial charge < -0.3 is 4.98 Å². The predicted molar refractivity (Wildman–Crippen MR) is 50.0 cm³/mol. The number of anilines is 1. The molecule has 66 valence electrons. The van der Waals surface area contributed by atoms with E-state index in [0.29, 0.717) is 21.8 Å². The van der Waals surface area contributed by atoms with Crippen LogP contribution in [0.5, 0.6) is 0 Å². The summed E-state index contributed by atoms with van der Waals surface area (Å²) >= 11 is 4.86. The lowest BCUT2D eigenvalue weighted by molar-refractivity contribution is 0.954. The molecule has 3 N–H and O–H groups in total. The van der Waals surface area contributed by atoms with E-state index in [1.807, 2.05) is 0 Å². The smallest absolute Gasteiger partial charge is 0.200 e. The Morgan fingerprint density at radius 2 is 2.31 bits per heavy atom. The Morgan fingerprint density at radius 3 is 3.08 bits per heavy atom. The number of hydrazone groups is 1. The first-order valence-electron chi connectivity index (χ1n) is 3.34. The molecule has 0 fully saturated rings. The van der Waals surface area contributed by atoms with Gasteiger partial charge in [0.25, 0.3) is 0 Å². The molecule has 0 amide bonds. The maximum Gasteiger partial charge on any atom is 0.200 e. The summed E-state index contributed by atoms with van der Waals surface area (Å²) in [5, 5.41) is 13.6. The van der Waals surface area contributed by atoms with Crippen LogP contribution in [0.25, 0.3) is 11.2 Å². The Bertz CT molecular complexity index is 497. The van der Waals surface area contributed by atoms with Gasteiger partial charge in [0.1, 0.15) is 0 Å². The van der Waals surface area contributed by atoms with E-state index in [9.17, 15) is 0 Å². The van der Waals surface area contributed by atoms with Crippen molar-refractivity contribution in [1.82, 2.24) is 25.4 Å². The van der Waals surface area contributed by atoms with Crippen LogP contribution in [0.1, 0.15) is 0 Å². The van der Waals surface area contributed by atoms with Gasteiger partial charge >= 0.3 is 0 Å². The van der Waals surface area contributed by atoms with Crippen molar-refractivity contribution in [2.24, 2.45) is 5.10 Å². The molecule has 2 rings (SSSR count). The minimum atomic E-state index is 0.313. The Balaban J connectivity index is 2.76.